The van der Waals surface area contributed by atoms with Gasteiger partial charge in [0, 0.05) is 11.3 Å². The van der Waals surface area contributed by atoms with E-state index in [0.29, 0.717) is 11.3 Å². The van der Waals surface area contributed by atoms with Crippen molar-refractivity contribution in [1.29, 1.82) is 5.41 Å². The summed E-state index contributed by atoms with van der Waals surface area (Å²) in [7, 11) is 0. The third kappa shape index (κ3) is 3.66. The summed E-state index contributed by atoms with van der Waals surface area (Å²) in [6.07, 6.45) is 6.16. The molecule has 12 heavy (non-hydrogen) atoms. The summed E-state index contributed by atoms with van der Waals surface area (Å²) in [6.45, 7) is 6.81. The van der Waals surface area contributed by atoms with Crippen LogP contribution in [0.15, 0.2) is 36.5 Å². The molecule has 0 radical (unpaired) electrons. The zero-order valence-electron chi connectivity index (χ0n) is 7.42. The van der Waals surface area contributed by atoms with E-state index in [4.69, 9.17) is 5.41 Å². The summed E-state index contributed by atoms with van der Waals surface area (Å²) in [6, 6.07) is 0. The molecule has 0 amide bonds. The molecule has 2 nitrogen and oxygen atoms in total. The van der Waals surface area contributed by atoms with Crippen LogP contribution in [0.3, 0.4) is 0 Å². The van der Waals surface area contributed by atoms with Crippen molar-refractivity contribution in [2.24, 2.45) is 0 Å². The topological polar surface area (TPSA) is 40.9 Å². The Kier molecular flexibility index (Phi) is 4.61. The zero-order valence-corrected chi connectivity index (χ0v) is 7.42. The Labute approximate surface area is 72.8 Å². The van der Waals surface area contributed by atoms with Crippen LogP contribution in [0.25, 0.3) is 0 Å². The molecule has 0 atom stereocenters. The SMILES string of the molecule is C=CC(=O)C(/C=C\C(C)=N)=C/C. The molecular weight excluding hydrogens is 150 g/mol. The van der Waals surface area contributed by atoms with Crippen molar-refractivity contribution >= 4 is 11.5 Å². The maximum absolute atomic E-state index is 11.0. The van der Waals surface area contributed by atoms with Crippen LogP contribution < -0.4 is 0 Å². The minimum absolute atomic E-state index is 0.116. The Morgan fingerprint density at radius 3 is 2.33 bits per heavy atom. The summed E-state index contributed by atoms with van der Waals surface area (Å²) in [5.41, 5.74) is 0.989. The third-order valence-electron chi connectivity index (χ3n) is 1.29. The first-order chi connectivity index (χ1) is 5.61. The molecular formula is C10H13NO. The molecule has 0 saturated heterocycles. The van der Waals surface area contributed by atoms with E-state index in [1.807, 2.05) is 0 Å². The van der Waals surface area contributed by atoms with Gasteiger partial charge in [-0.1, -0.05) is 12.7 Å². The second kappa shape index (κ2) is 5.24. The van der Waals surface area contributed by atoms with E-state index in [-0.39, 0.29) is 5.78 Å². The molecule has 64 valence electrons. The third-order valence-corrected chi connectivity index (χ3v) is 1.29. The van der Waals surface area contributed by atoms with E-state index in [0.717, 1.165) is 0 Å². The lowest BCUT2D eigenvalue weighted by Gasteiger charge is -1.93. The molecule has 0 aliphatic rings. The maximum atomic E-state index is 11.0. The fourth-order valence-electron chi connectivity index (χ4n) is 0.653. The summed E-state index contributed by atoms with van der Waals surface area (Å²) in [5, 5.41) is 7.11. The first kappa shape index (κ1) is 10.6. The minimum atomic E-state index is -0.116. The quantitative estimate of drug-likeness (QED) is 0.385. The Bertz CT molecular complexity index is 259. The molecule has 1 N–H and O–H groups in total. The summed E-state index contributed by atoms with van der Waals surface area (Å²) in [4.78, 5) is 11.0. The Morgan fingerprint density at radius 1 is 1.42 bits per heavy atom. The van der Waals surface area contributed by atoms with Crippen molar-refractivity contribution < 1.29 is 4.79 Å². The average molecular weight is 163 g/mol. The van der Waals surface area contributed by atoms with Crippen molar-refractivity contribution in [3.63, 3.8) is 0 Å². The monoisotopic (exact) mass is 163 g/mol. The van der Waals surface area contributed by atoms with E-state index >= 15 is 0 Å². The van der Waals surface area contributed by atoms with Gasteiger partial charge in [0.25, 0.3) is 0 Å². The number of carbonyl (C=O) groups is 1. The van der Waals surface area contributed by atoms with Crippen LogP contribution >= 0.6 is 0 Å². The molecule has 0 fully saturated rings. The van der Waals surface area contributed by atoms with Crippen LogP contribution in [0.4, 0.5) is 0 Å². The largest absolute Gasteiger partial charge is 0.306 e. The van der Waals surface area contributed by atoms with E-state index in [1.165, 1.54) is 6.08 Å². The van der Waals surface area contributed by atoms with Gasteiger partial charge in [-0.3, -0.25) is 4.79 Å². The van der Waals surface area contributed by atoms with Gasteiger partial charge in [-0.05, 0) is 32.1 Å². The van der Waals surface area contributed by atoms with E-state index in [1.54, 1.807) is 32.1 Å². The van der Waals surface area contributed by atoms with Gasteiger partial charge in [0.1, 0.15) is 0 Å². The van der Waals surface area contributed by atoms with Gasteiger partial charge < -0.3 is 5.41 Å². The predicted octanol–water partition coefficient (Wildman–Crippen LogP) is 2.28. The van der Waals surface area contributed by atoms with Crippen molar-refractivity contribution in [2.45, 2.75) is 13.8 Å². The predicted molar refractivity (Wildman–Crippen MR) is 51.5 cm³/mol. The lowest BCUT2D eigenvalue weighted by atomic mass is 10.1. The molecule has 0 aromatic carbocycles. The summed E-state index contributed by atoms with van der Waals surface area (Å²) >= 11 is 0. The van der Waals surface area contributed by atoms with Gasteiger partial charge >= 0.3 is 0 Å². The average Bonchev–Trinajstić information content (AvgIpc) is 2.04. The smallest absolute Gasteiger partial charge is 0.184 e. The molecule has 0 aliphatic heterocycles. The highest BCUT2D eigenvalue weighted by molar-refractivity contribution is 6.06. The highest BCUT2D eigenvalue weighted by Gasteiger charge is 1.98. The first-order valence-electron chi connectivity index (χ1n) is 3.68. The van der Waals surface area contributed by atoms with Crippen molar-refractivity contribution in [2.75, 3.05) is 0 Å². The van der Waals surface area contributed by atoms with Gasteiger partial charge in [-0.15, -0.1) is 0 Å². The molecule has 0 aromatic heterocycles. The minimum Gasteiger partial charge on any atom is -0.306 e. The van der Waals surface area contributed by atoms with E-state index in [9.17, 15) is 4.79 Å². The first-order valence-corrected chi connectivity index (χ1v) is 3.68. The summed E-state index contributed by atoms with van der Waals surface area (Å²) in [5.74, 6) is -0.116. The lowest BCUT2D eigenvalue weighted by Crippen LogP contribution is -1.94. The molecule has 0 saturated carbocycles. The molecule has 0 aromatic rings. The molecule has 0 rings (SSSR count). The lowest BCUT2D eigenvalue weighted by molar-refractivity contribution is -0.111. The van der Waals surface area contributed by atoms with Crippen molar-refractivity contribution in [3.05, 3.63) is 36.5 Å². The highest BCUT2D eigenvalue weighted by Crippen LogP contribution is 1.99. The number of nitrogens with one attached hydrogen (secondary N) is 1. The second-order valence-electron chi connectivity index (χ2n) is 2.33. The van der Waals surface area contributed by atoms with Crippen LogP contribution in [0.5, 0.6) is 0 Å². The van der Waals surface area contributed by atoms with Gasteiger partial charge in [0.2, 0.25) is 0 Å². The number of carbonyl (C=O) groups excluding carboxylic acids is 1. The zero-order chi connectivity index (χ0) is 9.56. The fourth-order valence-corrected chi connectivity index (χ4v) is 0.653. The number of hydrogen-bond acceptors (Lipinski definition) is 2. The molecule has 0 aliphatic carbocycles. The molecule has 0 spiro atoms. The van der Waals surface area contributed by atoms with Gasteiger partial charge in [-0.2, -0.15) is 0 Å². The molecule has 2 heteroatoms. The van der Waals surface area contributed by atoms with Gasteiger partial charge in [0.05, 0.1) is 0 Å². The molecule has 0 unspecified atom stereocenters. The normalized spacial score (nSPS) is 11.7. The van der Waals surface area contributed by atoms with Crippen LogP contribution in [0.2, 0.25) is 0 Å². The number of rotatable bonds is 4. The summed E-state index contributed by atoms with van der Waals surface area (Å²) < 4.78 is 0. The van der Waals surface area contributed by atoms with Crippen molar-refractivity contribution in [3.8, 4) is 0 Å². The maximum Gasteiger partial charge on any atom is 0.184 e. The Hall–Kier alpha value is -1.44. The van der Waals surface area contributed by atoms with Crippen LogP contribution in [0, 0.1) is 5.41 Å². The Balaban J connectivity index is 4.50. The number of ketones is 1. The van der Waals surface area contributed by atoms with E-state index < -0.39 is 0 Å². The number of allylic oxidation sites excluding steroid dienone is 5. The standard InChI is InChI=1S/C10H13NO/c1-4-9(10(12)5-2)7-6-8(3)11/h4-7,11H,2H2,1,3H3/b7-6-,9-4+,11-8?. The fraction of sp³-hybridized carbons (Fsp3) is 0.200. The molecule has 0 bridgehead atoms. The molecule has 0 heterocycles. The van der Waals surface area contributed by atoms with Gasteiger partial charge in [-0.25, -0.2) is 0 Å². The van der Waals surface area contributed by atoms with Crippen LogP contribution in [-0.4, -0.2) is 11.5 Å². The number of hydrogen-bond donors (Lipinski definition) is 1. The van der Waals surface area contributed by atoms with E-state index in [2.05, 4.69) is 6.58 Å². The van der Waals surface area contributed by atoms with Crippen LogP contribution in [-0.2, 0) is 4.79 Å². The van der Waals surface area contributed by atoms with Gasteiger partial charge in [0.15, 0.2) is 5.78 Å². The van der Waals surface area contributed by atoms with Crippen molar-refractivity contribution in [1.82, 2.24) is 0 Å². The Morgan fingerprint density at radius 2 is 2.00 bits per heavy atom. The second-order valence-corrected chi connectivity index (χ2v) is 2.33. The van der Waals surface area contributed by atoms with Crippen LogP contribution in [0.1, 0.15) is 13.8 Å². The highest BCUT2D eigenvalue weighted by atomic mass is 16.1.